The molecule has 0 spiro atoms. The van der Waals surface area contributed by atoms with Gasteiger partial charge >= 0.3 is 0 Å². The lowest BCUT2D eigenvalue weighted by atomic mass is 10.2. The number of nitrogens with zero attached hydrogens (tertiary/aromatic N) is 2. The third-order valence-corrected chi connectivity index (χ3v) is 3.70. The zero-order valence-electron chi connectivity index (χ0n) is 10.7. The predicted molar refractivity (Wildman–Crippen MR) is 73.7 cm³/mol. The average molecular weight is 254 g/mol. The fourth-order valence-electron chi connectivity index (χ4n) is 1.74. The Morgan fingerprint density at radius 3 is 2.39 bits per heavy atom. The van der Waals surface area contributed by atoms with Crippen LogP contribution < -0.4 is 0 Å². The zero-order chi connectivity index (χ0) is 13.1. The molecule has 0 saturated carbocycles. The van der Waals surface area contributed by atoms with Crippen molar-refractivity contribution in [2.24, 2.45) is 0 Å². The molecule has 90 valence electrons. The molecule has 0 unspecified atom stereocenters. The number of benzene rings is 1. The van der Waals surface area contributed by atoms with Gasteiger partial charge in [-0.1, -0.05) is 29.5 Å². The summed E-state index contributed by atoms with van der Waals surface area (Å²) in [6.07, 6.45) is 0. The van der Waals surface area contributed by atoms with E-state index in [1.54, 1.807) is 11.8 Å². The molecule has 3 heteroatoms. The van der Waals surface area contributed by atoms with E-state index in [1.807, 2.05) is 19.9 Å². The Kier molecular flexibility index (Phi) is 3.69. The molecule has 0 amide bonds. The highest BCUT2D eigenvalue weighted by molar-refractivity contribution is 7.99. The molecule has 0 aliphatic heterocycles. The summed E-state index contributed by atoms with van der Waals surface area (Å²) in [5.41, 5.74) is 3.65. The smallest absolute Gasteiger partial charge is 0.102 e. The van der Waals surface area contributed by atoms with Gasteiger partial charge < -0.3 is 0 Å². The van der Waals surface area contributed by atoms with Crippen LogP contribution in [0.25, 0.3) is 0 Å². The molecule has 0 aliphatic rings. The third kappa shape index (κ3) is 2.72. The molecule has 2 rings (SSSR count). The van der Waals surface area contributed by atoms with Crippen LogP contribution in [-0.4, -0.2) is 4.98 Å². The second-order valence-corrected chi connectivity index (χ2v) is 5.36. The summed E-state index contributed by atoms with van der Waals surface area (Å²) in [5.74, 6) is 0. The Balaban J connectivity index is 2.40. The van der Waals surface area contributed by atoms with Crippen LogP contribution in [0.5, 0.6) is 0 Å². The van der Waals surface area contributed by atoms with Gasteiger partial charge in [0.25, 0.3) is 0 Å². The first-order chi connectivity index (χ1) is 8.60. The first kappa shape index (κ1) is 12.7. The van der Waals surface area contributed by atoms with Gasteiger partial charge in [0.1, 0.15) is 6.07 Å². The number of hydrogen-bond acceptors (Lipinski definition) is 3. The molecule has 0 fully saturated rings. The average Bonchev–Trinajstić information content (AvgIpc) is 2.32. The number of aryl methyl sites for hydroxylation is 3. The minimum atomic E-state index is 0.672. The van der Waals surface area contributed by atoms with E-state index in [4.69, 9.17) is 0 Å². The lowest BCUT2D eigenvalue weighted by Gasteiger charge is -2.07. The molecule has 1 heterocycles. The summed E-state index contributed by atoms with van der Waals surface area (Å²) in [7, 11) is 0. The van der Waals surface area contributed by atoms with Crippen molar-refractivity contribution < 1.29 is 0 Å². The van der Waals surface area contributed by atoms with Crippen LogP contribution >= 0.6 is 11.8 Å². The fourth-order valence-corrected chi connectivity index (χ4v) is 2.79. The molecule has 2 nitrogen and oxygen atoms in total. The van der Waals surface area contributed by atoms with Crippen molar-refractivity contribution in [3.63, 3.8) is 0 Å². The van der Waals surface area contributed by atoms with Crippen molar-refractivity contribution in [2.45, 2.75) is 30.6 Å². The van der Waals surface area contributed by atoms with E-state index in [0.29, 0.717) is 5.56 Å². The van der Waals surface area contributed by atoms with Gasteiger partial charge in [0.05, 0.1) is 11.3 Å². The molecule has 0 saturated heterocycles. The standard InChI is InChI=1S/C15H14N2S/c1-10-4-6-13(7-5-10)18-15-8-11(2)17-12(3)14(15)9-16/h4-8H,1-3H3. The van der Waals surface area contributed by atoms with Crippen LogP contribution in [0.1, 0.15) is 22.5 Å². The van der Waals surface area contributed by atoms with E-state index in [1.165, 1.54) is 5.56 Å². The van der Waals surface area contributed by atoms with E-state index in [2.05, 4.69) is 42.2 Å². The molecule has 0 N–H and O–H groups in total. The Hall–Kier alpha value is -1.79. The van der Waals surface area contributed by atoms with Gasteiger partial charge in [-0.05, 0) is 39.0 Å². The molecule has 1 aromatic heterocycles. The molecule has 2 aromatic rings. The van der Waals surface area contributed by atoms with Gasteiger partial charge in [-0.25, -0.2) is 0 Å². The maximum Gasteiger partial charge on any atom is 0.102 e. The number of rotatable bonds is 2. The van der Waals surface area contributed by atoms with Crippen LogP contribution in [0.2, 0.25) is 0 Å². The molecule has 0 atom stereocenters. The van der Waals surface area contributed by atoms with Gasteiger partial charge in [-0.2, -0.15) is 5.26 Å². The van der Waals surface area contributed by atoms with Crippen molar-refractivity contribution in [1.82, 2.24) is 4.98 Å². The third-order valence-electron chi connectivity index (χ3n) is 2.65. The number of hydrogen-bond donors (Lipinski definition) is 0. The lowest BCUT2D eigenvalue weighted by Crippen LogP contribution is -1.93. The molecule has 0 aliphatic carbocycles. The summed E-state index contributed by atoms with van der Waals surface area (Å²) >= 11 is 1.61. The molecule has 18 heavy (non-hydrogen) atoms. The Morgan fingerprint density at radius 1 is 1.11 bits per heavy atom. The first-order valence-electron chi connectivity index (χ1n) is 5.73. The summed E-state index contributed by atoms with van der Waals surface area (Å²) < 4.78 is 0. The second-order valence-electron chi connectivity index (χ2n) is 4.25. The summed E-state index contributed by atoms with van der Waals surface area (Å²) in [6.45, 7) is 5.90. The van der Waals surface area contributed by atoms with Crippen molar-refractivity contribution in [3.8, 4) is 6.07 Å². The van der Waals surface area contributed by atoms with E-state index in [9.17, 15) is 5.26 Å². The second kappa shape index (κ2) is 5.24. The van der Waals surface area contributed by atoms with E-state index in [-0.39, 0.29) is 0 Å². The van der Waals surface area contributed by atoms with Gasteiger partial charge in [0.2, 0.25) is 0 Å². The molecular weight excluding hydrogens is 240 g/mol. The lowest BCUT2D eigenvalue weighted by molar-refractivity contribution is 1.07. The highest BCUT2D eigenvalue weighted by atomic mass is 32.2. The topological polar surface area (TPSA) is 36.7 Å². The van der Waals surface area contributed by atoms with E-state index >= 15 is 0 Å². The number of pyridine rings is 1. The minimum absolute atomic E-state index is 0.672. The van der Waals surface area contributed by atoms with E-state index < -0.39 is 0 Å². The molecule has 0 bridgehead atoms. The van der Waals surface area contributed by atoms with Crippen molar-refractivity contribution in [2.75, 3.05) is 0 Å². The predicted octanol–water partition coefficient (Wildman–Crippen LogP) is 4.03. The number of aromatic nitrogens is 1. The van der Waals surface area contributed by atoms with Crippen molar-refractivity contribution in [1.29, 1.82) is 5.26 Å². The zero-order valence-corrected chi connectivity index (χ0v) is 11.5. The van der Waals surface area contributed by atoms with Gasteiger partial charge in [0.15, 0.2) is 0 Å². The fraction of sp³-hybridized carbons (Fsp3) is 0.200. The van der Waals surface area contributed by atoms with Crippen LogP contribution in [0.4, 0.5) is 0 Å². The largest absolute Gasteiger partial charge is 0.257 e. The summed E-state index contributed by atoms with van der Waals surface area (Å²) in [5, 5.41) is 9.21. The first-order valence-corrected chi connectivity index (χ1v) is 6.54. The number of nitriles is 1. The summed E-state index contributed by atoms with van der Waals surface area (Å²) in [6, 6.07) is 12.5. The monoisotopic (exact) mass is 254 g/mol. The van der Waals surface area contributed by atoms with Crippen LogP contribution in [0.15, 0.2) is 40.1 Å². The Bertz CT molecular complexity index is 610. The normalized spacial score (nSPS) is 10.1. The maximum atomic E-state index is 9.21. The Morgan fingerprint density at radius 2 is 1.78 bits per heavy atom. The minimum Gasteiger partial charge on any atom is -0.257 e. The Labute approximate surface area is 112 Å². The van der Waals surface area contributed by atoms with Crippen LogP contribution in [-0.2, 0) is 0 Å². The SMILES string of the molecule is Cc1ccc(Sc2cc(C)nc(C)c2C#N)cc1. The highest BCUT2D eigenvalue weighted by Crippen LogP contribution is 2.31. The molecule has 1 aromatic carbocycles. The van der Waals surface area contributed by atoms with Crippen LogP contribution in [0.3, 0.4) is 0 Å². The quantitative estimate of drug-likeness (QED) is 0.812. The van der Waals surface area contributed by atoms with Gasteiger partial charge in [-0.15, -0.1) is 0 Å². The molecular formula is C15H14N2S. The summed E-state index contributed by atoms with van der Waals surface area (Å²) in [4.78, 5) is 6.44. The maximum absolute atomic E-state index is 9.21. The van der Waals surface area contributed by atoms with E-state index in [0.717, 1.165) is 21.2 Å². The van der Waals surface area contributed by atoms with Crippen molar-refractivity contribution in [3.05, 3.63) is 52.8 Å². The van der Waals surface area contributed by atoms with Crippen LogP contribution in [0, 0.1) is 32.1 Å². The molecule has 0 radical (unpaired) electrons. The van der Waals surface area contributed by atoms with Gasteiger partial charge in [0, 0.05) is 15.5 Å². The van der Waals surface area contributed by atoms with Gasteiger partial charge in [-0.3, -0.25) is 4.98 Å². The van der Waals surface area contributed by atoms with Crippen molar-refractivity contribution >= 4 is 11.8 Å². The highest BCUT2D eigenvalue weighted by Gasteiger charge is 2.09.